The highest BCUT2D eigenvalue weighted by atomic mass is 35.5. The molecule has 1 aromatic carbocycles. The largest absolute Gasteiger partial charge is 0.311 e. The number of nitrogens with zero attached hydrogens (tertiary/aromatic N) is 4. The Kier molecular flexibility index (Phi) is 4.54. The molecule has 2 aromatic rings. The minimum Gasteiger partial charge on any atom is -0.311 e. The molecule has 0 saturated carbocycles. The molecule has 6 nitrogen and oxygen atoms in total. The van der Waals surface area contributed by atoms with E-state index in [1.165, 1.54) is 12.1 Å². The topological polar surface area (TPSA) is 76.1 Å². The molecule has 0 amide bonds. The van der Waals surface area contributed by atoms with Crippen molar-refractivity contribution in [1.29, 1.82) is 0 Å². The van der Waals surface area contributed by atoms with Crippen LogP contribution in [0.4, 0.5) is 11.6 Å². The maximum Gasteiger partial charge on any atom is 0.234 e. The SMILES string of the molecule is C=CS(=O)(=O)c1ccc(N(CC)c2n[c]nc(Cl)n2)cc1. The minimum absolute atomic E-state index is 0.0457. The number of aromatic nitrogens is 3. The Hall–Kier alpha value is -1.99. The molecule has 0 N–H and O–H groups in total. The number of sulfone groups is 1. The van der Waals surface area contributed by atoms with Gasteiger partial charge < -0.3 is 4.90 Å². The van der Waals surface area contributed by atoms with Crippen molar-refractivity contribution < 1.29 is 8.42 Å². The molecule has 0 bridgehead atoms. The average Bonchev–Trinajstić information content (AvgIpc) is 2.49. The van der Waals surface area contributed by atoms with E-state index in [9.17, 15) is 8.42 Å². The summed E-state index contributed by atoms with van der Waals surface area (Å²) >= 11 is 5.73. The summed E-state index contributed by atoms with van der Waals surface area (Å²) in [5.74, 6) is 0.344. The third kappa shape index (κ3) is 3.37. The van der Waals surface area contributed by atoms with E-state index in [0.717, 1.165) is 11.1 Å². The first-order chi connectivity index (χ1) is 9.97. The van der Waals surface area contributed by atoms with E-state index >= 15 is 0 Å². The first kappa shape index (κ1) is 15.4. The van der Waals surface area contributed by atoms with Gasteiger partial charge in [-0.3, -0.25) is 0 Å². The first-order valence-corrected chi connectivity index (χ1v) is 7.93. The number of halogens is 1. The van der Waals surface area contributed by atoms with Gasteiger partial charge >= 0.3 is 0 Å². The molecule has 0 saturated heterocycles. The monoisotopic (exact) mass is 323 g/mol. The smallest absolute Gasteiger partial charge is 0.234 e. The highest BCUT2D eigenvalue weighted by Gasteiger charge is 2.14. The van der Waals surface area contributed by atoms with Gasteiger partial charge in [0.2, 0.25) is 17.6 Å². The van der Waals surface area contributed by atoms with Crippen LogP contribution < -0.4 is 4.90 Å². The molecule has 1 radical (unpaired) electrons. The van der Waals surface area contributed by atoms with Gasteiger partial charge in [-0.2, -0.15) is 15.0 Å². The van der Waals surface area contributed by atoms with Crippen LogP contribution in [-0.2, 0) is 9.84 Å². The fourth-order valence-electron chi connectivity index (χ4n) is 1.72. The second-order valence-corrected chi connectivity index (χ2v) is 6.19. The predicted molar refractivity (Wildman–Crippen MR) is 80.2 cm³/mol. The molecule has 0 aliphatic rings. The third-order valence-corrected chi connectivity index (χ3v) is 4.28. The molecule has 0 spiro atoms. The average molecular weight is 324 g/mol. The van der Waals surface area contributed by atoms with Gasteiger partial charge in [0.15, 0.2) is 9.84 Å². The zero-order chi connectivity index (χ0) is 15.5. The van der Waals surface area contributed by atoms with Gasteiger partial charge in [-0.1, -0.05) is 6.58 Å². The van der Waals surface area contributed by atoms with Gasteiger partial charge in [0, 0.05) is 17.6 Å². The van der Waals surface area contributed by atoms with Gasteiger partial charge in [0.05, 0.1) is 4.90 Å². The van der Waals surface area contributed by atoms with E-state index in [4.69, 9.17) is 11.6 Å². The molecular formula is C13H12ClN4O2S. The van der Waals surface area contributed by atoms with Crippen molar-refractivity contribution in [3.05, 3.63) is 47.9 Å². The molecule has 0 aliphatic heterocycles. The molecule has 8 heteroatoms. The molecule has 21 heavy (non-hydrogen) atoms. The predicted octanol–water partition coefficient (Wildman–Crippen LogP) is 2.40. The second-order valence-electron chi connectivity index (χ2n) is 3.95. The van der Waals surface area contributed by atoms with E-state index in [1.807, 2.05) is 6.92 Å². The van der Waals surface area contributed by atoms with Crippen molar-refractivity contribution in [2.24, 2.45) is 0 Å². The second kappa shape index (κ2) is 6.19. The Morgan fingerprint density at radius 3 is 2.52 bits per heavy atom. The number of benzene rings is 1. The van der Waals surface area contributed by atoms with Crippen molar-refractivity contribution in [2.45, 2.75) is 11.8 Å². The number of hydrogen-bond donors (Lipinski definition) is 0. The van der Waals surface area contributed by atoms with E-state index in [-0.39, 0.29) is 10.2 Å². The van der Waals surface area contributed by atoms with Crippen LogP contribution in [0.25, 0.3) is 0 Å². The van der Waals surface area contributed by atoms with Crippen LogP contribution in [0.15, 0.2) is 41.1 Å². The molecule has 109 valence electrons. The van der Waals surface area contributed by atoms with Crippen LogP contribution >= 0.6 is 11.6 Å². The lowest BCUT2D eigenvalue weighted by molar-refractivity contribution is 0.604. The normalized spacial score (nSPS) is 11.1. The Morgan fingerprint density at radius 1 is 1.33 bits per heavy atom. The Bertz CT molecular complexity index is 747. The first-order valence-electron chi connectivity index (χ1n) is 6.00. The van der Waals surface area contributed by atoms with Crippen molar-refractivity contribution in [3.63, 3.8) is 0 Å². The molecule has 0 unspecified atom stereocenters. The van der Waals surface area contributed by atoms with Gasteiger partial charge in [-0.15, -0.1) is 0 Å². The van der Waals surface area contributed by atoms with E-state index in [2.05, 4.69) is 27.9 Å². The summed E-state index contributed by atoms with van der Waals surface area (Å²) in [4.78, 5) is 13.5. The van der Waals surface area contributed by atoms with Crippen LogP contribution in [-0.4, -0.2) is 29.9 Å². The van der Waals surface area contributed by atoms with Gasteiger partial charge in [0.1, 0.15) is 0 Å². The maximum absolute atomic E-state index is 11.7. The van der Waals surface area contributed by atoms with E-state index in [1.54, 1.807) is 17.0 Å². The van der Waals surface area contributed by atoms with Crippen LogP contribution in [0, 0.1) is 6.33 Å². The lowest BCUT2D eigenvalue weighted by Gasteiger charge is -2.20. The number of anilines is 2. The van der Waals surface area contributed by atoms with Gasteiger partial charge in [-0.05, 0) is 42.8 Å². The summed E-state index contributed by atoms with van der Waals surface area (Å²) in [7, 11) is -3.44. The highest BCUT2D eigenvalue weighted by Crippen LogP contribution is 2.24. The van der Waals surface area contributed by atoms with E-state index in [0.29, 0.717) is 12.5 Å². The summed E-state index contributed by atoms with van der Waals surface area (Å²) in [6, 6.07) is 6.33. The Balaban J connectivity index is 2.38. The lowest BCUT2D eigenvalue weighted by atomic mass is 10.3. The minimum atomic E-state index is -3.44. The van der Waals surface area contributed by atoms with Crippen molar-refractivity contribution in [1.82, 2.24) is 15.0 Å². The molecule has 2 rings (SSSR count). The van der Waals surface area contributed by atoms with Crippen molar-refractivity contribution in [3.8, 4) is 0 Å². The Labute approximate surface area is 128 Å². The standard InChI is InChI=1S/C13H12ClN4O2S/c1-3-18(13-16-9-15-12(14)17-13)10-5-7-11(8-6-10)21(19,20)4-2/h4-8H,2-3H2,1H3. The fraction of sp³-hybridized carbons (Fsp3) is 0.154. The molecule has 0 atom stereocenters. The van der Waals surface area contributed by atoms with Crippen LogP contribution in [0.1, 0.15) is 6.92 Å². The van der Waals surface area contributed by atoms with Gasteiger partial charge in [0.25, 0.3) is 0 Å². The third-order valence-electron chi connectivity index (χ3n) is 2.74. The Morgan fingerprint density at radius 2 is 2.00 bits per heavy atom. The highest BCUT2D eigenvalue weighted by molar-refractivity contribution is 7.94. The zero-order valence-corrected chi connectivity index (χ0v) is 12.8. The lowest BCUT2D eigenvalue weighted by Crippen LogP contribution is -2.19. The molecule has 0 aliphatic carbocycles. The van der Waals surface area contributed by atoms with Crippen molar-refractivity contribution in [2.75, 3.05) is 11.4 Å². The number of hydrogen-bond acceptors (Lipinski definition) is 6. The van der Waals surface area contributed by atoms with Crippen LogP contribution in [0.2, 0.25) is 5.28 Å². The van der Waals surface area contributed by atoms with Crippen LogP contribution in [0.3, 0.4) is 0 Å². The summed E-state index contributed by atoms with van der Waals surface area (Å²) < 4.78 is 23.4. The summed E-state index contributed by atoms with van der Waals surface area (Å²) in [6.45, 7) is 5.78. The molecule has 1 aromatic heterocycles. The fourth-order valence-corrected chi connectivity index (χ4v) is 2.54. The van der Waals surface area contributed by atoms with E-state index < -0.39 is 9.84 Å². The zero-order valence-electron chi connectivity index (χ0n) is 11.2. The molecular weight excluding hydrogens is 312 g/mol. The van der Waals surface area contributed by atoms with Crippen LogP contribution in [0.5, 0.6) is 0 Å². The summed E-state index contributed by atoms with van der Waals surface area (Å²) in [5.41, 5.74) is 0.733. The van der Waals surface area contributed by atoms with Gasteiger partial charge in [-0.25, -0.2) is 8.42 Å². The molecule has 1 heterocycles. The quantitative estimate of drug-likeness (QED) is 0.841. The number of rotatable bonds is 5. The van der Waals surface area contributed by atoms with Crippen molar-refractivity contribution >= 4 is 33.1 Å². The summed E-state index contributed by atoms with van der Waals surface area (Å²) in [5, 5.41) is 0.963. The summed E-state index contributed by atoms with van der Waals surface area (Å²) in [6.07, 6.45) is 2.41. The molecule has 0 fully saturated rings. The maximum atomic E-state index is 11.7.